The average Bonchev–Trinajstić information content (AvgIpc) is 2.60. The molecule has 1 aromatic rings. The zero-order chi connectivity index (χ0) is 12.4. The Labute approximate surface area is 102 Å². The summed E-state index contributed by atoms with van der Waals surface area (Å²) in [6, 6.07) is 8.13. The van der Waals surface area contributed by atoms with Crippen LogP contribution in [0, 0.1) is 5.92 Å². The Hall–Kier alpha value is -1.39. The molecule has 0 aliphatic carbocycles. The summed E-state index contributed by atoms with van der Waals surface area (Å²) in [7, 11) is 0. The Morgan fingerprint density at radius 3 is 2.59 bits per heavy atom. The maximum absolute atomic E-state index is 11.8. The highest BCUT2D eigenvalue weighted by atomic mass is 16.2. The zero-order valence-corrected chi connectivity index (χ0v) is 10.3. The maximum atomic E-state index is 11.8. The van der Waals surface area contributed by atoms with Crippen LogP contribution < -0.4 is 16.2 Å². The molecule has 0 radical (unpaired) electrons. The summed E-state index contributed by atoms with van der Waals surface area (Å²) in [5.74, 6) is 0.184. The van der Waals surface area contributed by atoms with Crippen molar-refractivity contribution < 1.29 is 4.79 Å². The standard InChI is InChI=1S/C13H19N3O/c1-9-8-15-16(13(9)17)12-5-3-11(4-6-12)7-10(2)14/h3-6,9-10,15H,7-8,14H2,1-2H3. The van der Waals surface area contributed by atoms with E-state index < -0.39 is 0 Å². The van der Waals surface area contributed by atoms with Crippen LogP contribution in [0.5, 0.6) is 0 Å². The van der Waals surface area contributed by atoms with Gasteiger partial charge < -0.3 is 5.73 Å². The molecule has 4 nitrogen and oxygen atoms in total. The van der Waals surface area contributed by atoms with Crippen LogP contribution in [0.3, 0.4) is 0 Å². The number of nitrogens with two attached hydrogens (primary N) is 1. The van der Waals surface area contributed by atoms with Gasteiger partial charge >= 0.3 is 0 Å². The van der Waals surface area contributed by atoms with Gasteiger partial charge in [-0.3, -0.25) is 4.79 Å². The quantitative estimate of drug-likeness (QED) is 0.821. The van der Waals surface area contributed by atoms with Crippen molar-refractivity contribution >= 4 is 11.6 Å². The van der Waals surface area contributed by atoms with Crippen molar-refractivity contribution in [2.24, 2.45) is 11.7 Å². The highest BCUT2D eigenvalue weighted by Crippen LogP contribution is 2.19. The average molecular weight is 233 g/mol. The van der Waals surface area contributed by atoms with Crippen molar-refractivity contribution in [2.75, 3.05) is 11.6 Å². The molecule has 17 heavy (non-hydrogen) atoms. The Kier molecular flexibility index (Phi) is 3.45. The molecule has 0 bridgehead atoms. The van der Waals surface area contributed by atoms with Crippen LogP contribution in [-0.4, -0.2) is 18.5 Å². The molecule has 2 rings (SSSR count). The number of carbonyl (C=O) groups is 1. The fourth-order valence-corrected chi connectivity index (χ4v) is 1.99. The predicted octanol–water partition coefficient (Wildman–Crippen LogP) is 1.06. The molecule has 1 aliphatic heterocycles. The Bertz CT molecular complexity index is 400. The van der Waals surface area contributed by atoms with Crippen molar-refractivity contribution in [3.8, 4) is 0 Å². The van der Waals surface area contributed by atoms with Gasteiger partial charge in [0, 0.05) is 12.6 Å². The summed E-state index contributed by atoms with van der Waals surface area (Å²) in [6.45, 7) is 4.63. The zero-order valence-electron chi connectivity index (χ0n) is 10.3. The Morgan fingerprint density at radius 2 is 2.12 bits per heavy atom. The van der Waals surface area contributed by atoms with E-state index in [1.54, 1.807) is 5.01 Å². The predicted molar refractivity (Wildman–Crippen MR) is 68.4 cm³/mol. The third kappa shape index (κ3) is 2.65. The van der Waals surface area contributed by atoms with Crippen LogP contribution in [0.15, 0.2) is 24.3 Å². The van der Waals surface area contributed by atoms with E-state index in [4.69, 9.17) is 5.73 Å². The van der Waals surface area contributed by atoms with Crippen LogP contribution in [0.4, 0.5) is 5.69 Å². The molecule has 0 aromatic heterocycles. The highest BCUT2D eigenvalue weighted by molar-refractivity contribution is 5.96. The monoisotopic (exact) mass is 233 g/mol. The topological polar surface area (TPSA) is 58.4 Å². The van der Waals surface area contributed by atoms with E-state index in [0.717, 1.165) is 12.1 Å². The van der Waals surface area contributed by atoms with Crippen molar-refractivity contribution in [3.63, 3.8) is 0 Å². The van der Waals surface area contributed by atoms with Crippen molar-refractivity contribution in [2.45, 2.75) is 26.3 Å². The second kappa shape index (κ2) is 4.85. The number of hydrogen-bond donors (Lipinski definition) is 2. The minimum absolute atomic E-state index is 0.0544. The van der Waals surface area contributed by atoms with E-state index in [-0.39, 0.29) is 17.9 Å². The van der Waals surface area contributed by atoms with Gasteiger partial charge in [-0.05, 0) is 31.0 Å². The number of rotatable bonds is 3. The number of hydrazine groups is 1. The van der Waals surface area contributed by atoms with E-state index in [1.807, 2.05) is 38.1 Å². The van der Waals surface area contributed by atoms with Crippen molar-refractivity contribution in [1.82, 2.24) is 5.43 Å². The Balaban J connectivity index is 2.10. The fourth-order valence-electron chi connectivity index (χ4n) is 1.99. The second-order valence-electron chi connectivity index (χ2n) is 4.78. The van der Waals surface area contributed by atoms with Crippen molar-refractivity contribution in [3.05, 3.63) is 29.8 Å². The van der Waals surface area contributed by atoms with Crippen LogP contribution in [-0.2, 0) is 11.2 Å². The molecule has 3 N–H and O–H groups in total. The van der Waals surface area contributed by atoms with Gasteiger partial charge in [-0.25, -0.2) is 10.4 Å². The number of anilines is 1. The molecule has 0 spiro atoms. The van der Waals surface area contributed by atoms with Gasteiger partial charge in [-0.1, -0.05) is 19.1 Å². The molecule has 4 heteroatoms. The minimum atomic E-state index is 0.0544. The molecule has 0 saturated carbocycles. The van der Waals surface area contributed by atoms with Crippen LogP contribution >= 0.6 is 0 Å². The molecule has 1 aliphatic rings. The molecule has 2 atom stereocenters. The van der Waals surface area contributed by atoms with Gasteiger partial charge in [0.1, 0.15) is 0 Å². The molecular formula is C13H19N3O. The lowest BCUT2D eigenvalue weighted by atomic mass is 10.1. The van der Waals surface area contributed by atoms with E-state index in [2.05, 4.69) is 5.43 Å². The molecular weight excluding hydrogens is 214 g/mol. The maximum Gasteiger partial charge on any atom is 0.245 e. The third-order valence-corrected chi connectivity index (χ3v) is 2.95. The molecule has 2 unspecified atom stereocenters. The lowest BCUT2D eigenvalue weighted by molar-refractivity contribution is -0.119. The van der Waals surface area contributed by atoms with E-state index in [0.29, 0.717) is 6.54 Å². The molecule has 92 valence electrons. The first-order valence-electron chi connectivity index (χ1n) is 6.00. The minimum Gasteiger partial charge on any atom is -0.328 e. The van der Waals surface area contributed by atoms with Crippen LogP contribution in [0.25, 0.3) is 0 Å². The normalized spacial score (nSPS) is 21.9. The Morgan fingerprint density at radius 1 is 1.47 bits per heavy atom. The summed E-state index contributed by atoms with van der Waals surface area (Å²) in [4.78, 5) is 11.8. The summed E-state index contributed by atoms with van der Waals surface area (Å²) in [5.41, 5.74) is 10.9. The lowest BCUT2D eigenvalue weighted by Crippen LogP contribution is -2.34. The number of benzene rings is 1. The molecule has 1 heterocycles. The first kappa shape index (κ1) is 12.1. The van der Waals surface area contributed by atoms with Gasteiger partial charge in [-0.15, -0.1) is 0 Å². The fraction of sp³-hybridized carbons (Fsp3) is 0.462. The summed E-state index contributed by atoms with van der Waals surface area (Å²) in [5, 5.41) is 1.63. The lowest BCUT2D eigenvalue weighted by Gasteiger charge is -2.16. The summed E-state index contributed by atoms with van der Waals surface area (Å²) >= 11 is 0. The number of nitrogens with zero attached hydrogens (tertiary/aromatic N) is 1. The second-order valence-corrected chi connectivity index (χ2v) is 4.78. The first-order chi connectivity index (χ1) is 8.08. The van der Waals surface area contributed by atoms with E-state index in [1.165, 1.54) is 5.56 Å². The van der Waals surface area contributed by atoms with E-state index in [9.17, 15) is 4.79 Å². The molecule has 1 amide bonds. The van der Waals surface area contributed by atoms with Gasteiger partial charge in [0.25, 0.3) is 0 Å². The molecule has 1 saturated heterocycles. The van der Waals surface area contributed by atoms with Gasteiger partial charge in [-0.2, -0.15) is 0 Å². The largest absolute Gasteiger partial charge is 0.328 e. The number of hydrogen-bond acceptors (Lipinski definition) is 3. The first-order valence-corrected chi connectivity index (χ1v) is 6.00. The smallest absolute Gasteiger partial charge is 0.245 e. The number of nitrogens with one attached hydrogen (secondary N) is 1. The number of amides is 1. The number of carbonyl (C=O) groups excluding carboxylic acids is 1. The molecule has 1 fully saturated rings. The summed E-state index contributed by atoms with van der Waals surface area (Å²) in [6.07, 6.45) is 0.859. The van der Waals surface area contributed by atoms with E-state index >= 15 is 0 Å². The van der Waals surface area contributed by atoms with Gasteiger partial charge in [0.05, 0.1) is 11.6 Å². The SMILES string of the molecule is CC(N)Cc1ccc(N2NCC(C)C2=O)cc1. The van der Waals surface area contributed by atoms with Gasteiger partial charge in [0.2, 0.25) is 5.91 Å². The highest BCUT2D eigenvalue weighted by Gasteiger charge is 2.28. The van der Waals surface area contributed by atoms with Crippen LogP contribution in [0.1, 0.15) is 19.4 Å². The molecule has 1 aromatic carbocycles. The summed E-state index contributed by atoms with van der Waals surface area (Å²) < 4.78 is 0. The third-order valence-electron chi connectivity index (χ3n) is 2.95. The van der Waals surface area contributed by atoms with Crippen molar-refractivity contribution in [1.29, 1.82) is 0 Å². The van der Waals surface area contributed by atoms with Crippen LogP contribution in [0.2, 0.25) is 0 Å². The van der Waals surface area contributed by atoms with Gasteiger partial charge in [0.15, 0.2) is 0 Å².